The Morgan fingerprint density at radius 2 is 1.80 bits per heavy atom. The lowest BCUT2D eigenvalue weighted by molar-refractivity contribution is -0.139. The van der Waals surface area contributed by atoms with Crippen LogP contribution in [0.25, 0.3) is 0 Å². The number of carboxylic acids is 1. The maximum Gasteiger partial charge on any atom is 0.341 e. The number of nitrogens with two attached hydrogens (primary N) is 1. The van der Waals surface area contributed by atoms with Gasteiger partial charge in [-0.3, -0.25) is 15.1 Å². The van der Waals surface area contributed by atoms with E-state index in [1.807, 2.05) is 25.1 Å². The SMILES string of the molecule is CCOc1cc(CN2CCNCC2)cc(CNc2ccccc2C(=O)Nc2ccc(C(=N)N)cc2)c1OCC(=O)O. The van der Waals surface area contributed by atoms with E-state index in [1.165, 1.54) is 0 Å². The summed E-state index contributed by atoms with van der Waals surface area (Å²) in [4.78, 5) is 26.9. The van der Waals surface area contributed by atoms with Crippen molar-refractivity contribution in [2.24, 2.45) is 5.73 Å². The van der Waals surface area contributed by atoms with Crippen LogP contribution in [0, 0.1) is 5.41 Å². The lowest BCUT2D eigenvalue weighted by Crippen LogP contribution is -2.42. The molecule has 0 spiro atoms. The molecule has 0 unspecified atom stereocenters. The predicted molar refractivity (Wildman–Crippen MR) is 158 cm³/mol. The Bertz CT molecular complexity index is 1370. The summed E-state index contributed by atoms with van der Waals surface area (Å²) in [7, 11) is 0. The molecule has 216 valence electrons. The number of aliphatic carboxylic acids is 1. The number of nitrogens with zero attached hydrogens (tertiary/aromatic N) is 1. The Morgan fingerprint density at radius 1 is 1.07 bits per heavy atom. The lowest BCUT2D eigenvalue weighted by Gasteiger charge is -2.28. The molecule has 0 radical (unpaired) electrons. The summed E-state index contributed by atoms with van der Waals surface area (Å²) in [5.41, 5.74) is 9.43. The second-order valence-electron chi connectivity index (χ2n) is 9.57. The van der Waals surface area contributed by atoms with Gasteiger partial charge in [-0.05, 0) is 61.0 Å². The Kier molecular flexibility index (Phi) is 10.1. The molecule has 1 aliphatic rings. The first-order valence-electron chi connectivity index (χ1n) is 13.5. The number of benzene rings is 3. The van der Waals surface area contributed by atoms with Crippen LogP contribution in [0.4, 0.5) is 11.4 Å². The maximum absolute atomic E-state index is 13.2. The standard InChI is InChI=1S/C30H36N6O5/c1-2-40-26-16-20(18-36-13-11-33-12-14-36)15-22(28(26)41-19-27(37)38)17-34-25-6-4-3-5-24(25)30(39)35-23-9-7-21(8-10-23)29(31)32/h3-10,15-16,33-34H,2,11-14,17-19H2,1H3,(H3,31,32)(H,35,39)(H,37,38). The monoisotopic (exact) mass is 560 g/mol. The van der Waals surface area contributed by atoms with Crippen LogP contribution in [0.1, 0.15) is 34.0 Å². The number of nitrogen functional groups attached to an aromatic ring is 1. The summed E-state index contributed by atoms with van der Waals surface area (Å²) < 4.78 is 11.6. The van der Waals surface area contributed by atoms with Gasteiger partial charge in [-0.2, -0.15) is 0 Å². The minimum Gasteiger partial charge on any atom is -0.490 e. The van der Waals surface area contributed by atoms with E-state index in [4.69, 9.17) is 20.6 Å². The minimum absolute atomic E-state index is 0.0476. The van der Waals surface area contributed by atoms with Crippen molar-refractivity contribution >= 4 is 29.1 Å². The van der Waals surface area contributed by atoms with Crippen LogP contribution in [0.15, 0.2) is 60.7 Å². The van der Waals surface area contributed by atoms with Crippen LogP contribution < -0.4 is 31.2 Å². The van der Waals surface area contributed by atoms with Gasteiger partial charge in [0.15, 0.2) is 18.1 Å². The number of hydrogen-bond donors (Lipinski definition) is 6. The Hall–Kier alpha value is -4.61. The fourth-order valence-corrected chi connectivity index (χ4v) is 4.59. The molecule has 0 saturated carbocycles. The first kappa shape index (κ1) is 29.4. The summed E-state index contributed by atoms with van der Waals surface area (Å²) in [5, 5.41) is 26.4. The molecule has 7 N–H and O–H groups in total. The largest absolute Gasteiger partial charge is 0.490 e. The summed E-state index contributed by atoms with van der Waals surface area (Å²) >= 11 is 0. The highest BCUT2D eigenvalue weighted by Crippen LogP contribution is 2.35. The van der Waals surface area contributed by atoms with Gasteiger partial charge in [0.25, 0.3) is 5.91 Å². The second-order valence-corrected chi connectivity index (χ2v) is 9.57. The topological polar surface area (TPSA) is 162 Å². The number of amidine groups is 1. The van der Waals surface area contributed by atoms with Gasteiger partial charge in [0.05, 0.1) is 12.2 Å². The number of piperazine rings is 1. The van der Waals surface area contributed by atoms with Crippen LogP contribution in [0.5, 0.6) is 11.5 Å². The zero-order valence-electron chi connectivity index (χ0n) is 23.0. The third-order valence-electron chi connectivity index (χ3n) is 6.54. The van der Waals surface area contributed by atoms with Crippen molar-refractivity contribution in [3.05, 3.63) is 82.9 Å². The van der Waals surface area contributed by atoms with E-state index in [2.05, 4.69) is 20.9 Å². The molecule has 1 fully saturated rings. The Morgan fingerprint density at radius 3 is 2.49 bits per heavy atom. The molecular weight excluding hydrogens is 524 g/mol. The second kappa shape index (κ2) is 14.1. The molecule has 11 nitrogen and oxygen atoms in total. The predicted octanol–water partition coefficient (Wildman–Crippen LogP) is 3.10. The molecule has 1 saturated heterocycles. The summed E-state index contributed by atoms with van der Waals surface area (Å²) in [5.74, 6) is -0.603. The van der Waals surface area contributed by atoms with Gasteiger partial charge in [-0.15, -0.1) is 0 Å². The van der Waals surface area contributed by atoms with Crippen LogP contribution in [0.2, 0.25) is 0 Å². The number of hydrogen-bond acceptors (Lipinski definition) is 8. The normalized spacial score (nSPS) is 13.3. The fourth-order valence-electron chi connectivity index (χ4n) is 4.59. The van der Waals surface area contributed by atoms with E-state index in [9.17, 15) is 14.7 Å². The summed E-state index contributed by atoms with van der Waals surface area (Å²) in [6.07, 6.45) is 0. The minimum atomic E-state index is -1.09. The molecule has 3 aromatic carbocycles. The molecule has 1 heterocycles. The molecule has 1 aliphatic heterocycles. The van der Waals surface area contributed by atoms with E-state index >= 15 is 0 Å². The van der Waals surface area contributed by atoms with E-state index < -0.39 is 12.6 Å². The van der Waals surface area contributed by atoms with Crippen molar-refractivity contribution in [1.29, 1.82) is 5.41 Å². The van der Waals surface area contributed by atoms with Gasteiger partial charge in [-0.1, -0.05) is 12.1 Å². The number of carbonyl (C=O) groups excluding carboxylic acids is 1. The van der Waals surface area contributed by atoms with Crippen molar-refractivity contribution in [3.63, 3.8) is 0 Å². The maximum atomic E-state index is 13.2. The number of rotatable bonds is 13. The molecule has 0 aliphatic carbocycles. The first-order chi connectivity index (χ1) is 19.8. The molecule has 1 amide bonds. The zero-order valence-corrected chi connectivity index (χ0v) is 23.0. The highest BCUT2D eigenvalue weighted by Gasteiger charge is 2.19. The molecule has 0 atom stereocenters. The van der Waals surface area contributed by atoms with Gasteiger partial charge < -0.3 is 36.3 Å². The number of carbonyl (C=O) groups is 2. The van der Waals surface area contributed by atoms with E-state index in [-0.39, 0.29) is 18.3 Å². The Labute approximate surface area is 239 Å². The molecule has 4 rings (SSSR count). The van der Waals surface area contributed by atoms with Crippen molar-refractivity contribution < 1.29 is 24.2 Å². The van der Waals surface area contributed by atoms with Crippen LogP contribution in [-0.4, -0.2) is 67.1 Å². The fraction of sp³-hybridized carbons (Fsp3) is 0.300. The third-order valence-corrected chi connectivity index (χ3v) is 6.54. The number of ether oxygens (including phenoxy) is 2. The number of anilines is 2. The molecule has 0 aromatic heterocycles. The van der Waals surface area contributed by atoms with Gasteiger partial charge in [0.1, 0.15) is 5.84 Å². The number of carboxylic acid groups (broad SMARTS) is 1. The van der Waals surface area contributed by atoms with Crippen molar-refractivity contribution in [2.45, 2.75) is 20.0 Å². The highest BCUT2D eigenvalue weighted by molar-refractivity contribution is 6.08. The van der Waals surface area contributed by atoms with Crippen molar-refractivity contribution in [3.8, 4) is 11.5 Å². The number of amides is 1. The van der Waals surface area contributed by atoms with Gasteiger partial charge in [0.2, 0.25) is 0 Å². The van der Waals surface area contributed by atoms with Crippen LogP contribution in [-0.2, 0) is 17.9 Å². The third kappa shape index (κ3) is 8.19. The average molecular weight is 561 g/mol. The van der Waals surface area contributed by atoms with E-state index in [0.29, 0.717) is 40.6 Å². The average Bonchev–Trinajstić information content (AvgIpc) is 2.96. The van der Waals surface area contributed by atoms with Gasteiger partial charge in [0, 0.05) is 61.8 Å². The number of para-hydroxylation sites is 1. The smallest absolute Gasteiger partial charge is 0.341 e. The molecule has 3 aromatic rings. The van der Waals surface area contributed by atoms with Crippen molar-refractivity contribution in [1.82, 2.24) is 10.2 Å². The van der Waals surface area contributed by atoms with Crippen LogP contribution in [0.3, 0.4) is 0 Å². The molecule has 41 heavy (non-hydrogen) atoms. The van der Waals surface area contributed by atoms with E-state index in [0.717, 1.165) is 43.9 Å². The summed E-state index contributed by atoms with van der Waals surface area (Å²) in [6, 6.07) is 17.8. The van der Waals surface area contributed by atoms with Gasteiger partial charge in [-0.25, -0.2) is 4.79 Å². The zero-order chi connectivity index (χ0) is 29.2. The lowest BCUT2D eigenvalue weighted by atomic mass is 10.1. The van der Waals surface area contributed by atoms with Crippen LogP contribution >= 0.6 is 0 Å². The molecule has 0 bridgehead atoms. The van der Waals surface area contributed by atoms with E-state index in [1.54, 1.807) is 42.5 Å². The molecule has 11 heteroatoms. The first-order valence-corrected chi connectivity index (χ1v) is 13.5. The molecular formula is C30H36N6O5. The quantitative estimate of drug-likeness (QED) is 0.136. The summed E-state index contributed by atoms with van der Waals surface area (Å²) in [6.45, 7) is 6.43. The Balaban J connectivity index is 1.57. The number of nitrogens with one attached hydrogen (secondary N) is 4. The van der Waals surface area contributed by atoms with Crippen molar-refractivity contribution in [2.75, 3.05) is 50.0 Å². The van der Waals surface area contributed by atoms with Gasteiger partial charge >= 0.3 is 5.97 Å². The highest BCUT2D eigenvalue weighted by atomic mass is 16.5.